The Labute approximate surface area is 130 Å². The molecular formula is C14H25N3O5. The van der Waals surface area contributed by atoms with E-state index in [4.69, 9.17) is 9.47 Å². The van der Waals surface area contributed by atoms with Crippen molar-refractivity contribution in [2.45, 2.75) is 26.3 Å². The Kier molecular flexibility index (Phi) is 8.46. The average molecular weight is 315 g/mol. The summed E-state index contributed by atoms with van der Waals surface area (Å²) < 4.78 is 9.96. The Bertz CT molecular complexity index is 389. The normalized spacial score (nSPS) is 18.2. The highest BCUT2D eigenvalue weighted by Gasteiger charge is 2.29. The zero-order valence-electron chi connectivity index (χ0n) is 13.2. The summed E-state index contributed by atoms with van der Waals surface area (Å²) in [6.07, 6.45) is 0.00335. The van der Waals surface area contributed by atoms with E-state index in [1.165, 1.54) is 0 Å². The summed E-state index contributed by atoms with van der Waals surface area (Å²) in [5, 5.41) is 5.48. The number of hydrogen-bond acceptors (Lipinski definition) is 6. The second-order valence-electron chi connectivity index (χ2n) is 4.81. The van der Waals surface area contributed by atoms with Crippen LogP contribution >= 0.6 is 0 Å². The van der Waals surface area contributed by atoms with Crippen molar-refractivity contribution in [2.24, 2.45) is 0 Å². The third-order valence-corrected chi connectivity index (χ3v) is 3.22. The van der Waals surface area contributed by atoms with Crippen molar-refractivity contribution < 1.29 is 23.9 Å². The monoisotopic (exact) mass is 315 g/mol. The predicted octanol–water partition coefficient (Wildman–Crippen LogP) is -1.11. The summed E-state index contributed by atoms with van der Waals surface area (Å²) in [6.45, 7) is 6.55. The Morgan fingerprint density at radius 2 is 2.14 bits per heavy atom. The molecule has 8 nitrogen and oxygen atoms in total. The highest BCUT2D eigenvalue weighted by Crippen LogP contribution is 2.05. The van der Waals surface area contributed by atoms with Gasteiger partial charge in [-0.15, -0.1) is 0 Å². The van der Waals surface area contributed by atoms with Crippen LogP contribution in [-0.4, -0.2) is 74.7 Å². The van der Waals surface area contributed by atoms with E-state index in [1.54, 1.807) is 11.8 Å². The zero-order chi connectivity index (χ0) is 16.4. The van der Waals surface area contributed by atoms with Crippen LogP contribution in [0.4, 0.5) is 0 Å². The summed E-state index contributed by atoms with van der Waals surface area (Å²) in [5.74, 6) is -0.958. The lowest BCUT2D eigenvalue weighted by molar-refractivity contribution is -0.143. The van der Waals surface area contributed by atoms with E-state index >= 15 is 0 Å². The van der Waals surface area contributed by atoms with Crippen molar-refractivity contribution in [3.05, 3.63) is 0 Å². The molecule has 0 aromatic rings. The van der Waals surface area contributed by atoms with E-state index < -0.39 is 12.0 Å². The number of carbonyl (C=O) groups excluding carboxylic acids is 3. The number of carbonyl (C=O) groups is 3. The number of hydrogen-bond donors (Lipinski definition) is 2. The first-order valence-electron chi connectivity index (χ1n) is 7.60. The van der Waals surface area contributed by atoms with E-state index in [0.29, 0.717) is 32.8 Å². The van der Waals surface area contributed by atoms with E-state index in [-0.39, 0.29) is 31.4 Å². The van der Waals surface area contributed by atoms with Crippen LogP contribution in [-0.2, 0) is 23.9 Å². The van der Waals surface area contributed by atoms with Crippen LogP contribution in [0.3, 0.4) is 0 Å². The van der Waals surface area contributed by atoms with Gasteiger partial charge in [-0.1, -0.05) is 0 Å². The van der Waals surface area contributed by atoms with Gasteiger partial charge in [-0.25, -0.2) is 0 Å². The SMILES string of the molecule is CCOCCN1CCNC(CC(=O)NCC(=O)OCC)C1=O. The van der Waals surface area contributed by atoms with Crippen molar-refractivity contribution in [1.29, 1.82) is 0 Å². The summed E-state index contributed by atoms with van der Waals surface area (Å²) in [5.41, 5.74) is 0. The Morgan fingerprint density at radius 3 is 2.82 bits per heavy atom. The van der Waals surface area contributed by atoms with Crippen molar-refractivity contribution >= 4 is 17.8 Å². The number of rotatable bonds is 9. The molecule has 0 saturated carbocycles. The highest BCUT2D eigenvalue weighted by molar-refractivity contribution is 5.90. The van der Waals surface area contributed by atoms with Gasteiger partial charge >= 0.3 is 5.97 Å². The summed E-state index contributed by atoms with van der Waals surface area (Å²) in [4.78, 5) is 36.9. The van der Waals surface area contributed by atoms with Gasteiger partial charge in [0.15, 0.2) is 0 Å². The van der Waals surface area contributed by atoms with Crippen molar-refractivity contribution in [3.8, 4) is 0 Å². The molecule has 0 radical (unpaired) electrons. The van der Waals surface area contributed by atoms with Crippen molar-refractivity contribution in [1.82, 2.24) is 15.5 Å². The zero-order valence-corrected chi connectivity index (χ0v) is 13.2. The minimum Gasteiger partial charge on any atom is -0.465 e. The Morgan fingerprint density at radius 1 is 1.36 bits per heavy atom. The second kappa shape index (κ2) is 10.1. The minimum absolute atomic E-state index is 0.00335. The van der Waals surface area contributed by atoms with E-state index in [0.717, 1.165) is 0 Å². The summed E-state index contributed by atoms with van der Waals surface area (Å²) in [6, 6.07) is -0.558. The van der Waals surface area contributed by atoms with Crippen LogP contribution < -0.4 is 10.6 Å². The minimum atomic E-state index is -0.558. The molecule has 0 aliphatic carbocycles. The van der Waals surface area contributed by atoms with E-state index in [9.17, 15) is 14.4 Å². The lowest BCUT2D eigenvalue weighted by Crippen LogP contribution is -2.56. The molecule has 2 N–H and O–H groups in total. The quantitative estimate of drug-likeness (QED) is 0.414. The molecule has 2 amide bonds. The van der Waals surface area contributed by atoms with E-state index in [1.807, 2.05) is 6.92 Å². The van der Waals surface area contributed by atoms with Gasteiger partial charge in [0.05, 0.1) is 25.7 Å². The Balaban J connectivity index is 2.35. The van der Waals surface area contributed by atoms with Gasteiger partial charge in [-0.2, -0.15) is 0 Å². The van der Waals surface area contributed by atoms with Gasteiger partial charge in [-0.05, 0) is 13.8 Å². The fraction of sp³-hybridized carbons (Fsp3) is 0.786. The number of esters is 1. The molecule has 1 heterocycles. The molecule has 22 heavy (non-hydrogen) atoms. The van der Waals surface area contributed by atoms with Gasteiger partial charge in [0.2, 0.25) is 11.8 Å². The smallest absolute Gasteiger partial charge is 0.325 e. The first-order valence-corrected chi connectivity index (χ1v) is 7.60. The first-order chi connectivity index (χ1) is 10.6. The number of nitrogens with zero attached hydrogens (tertiary/aromatic N) is 1. The molecule has 1 atom stereocenters. The predicted molar refractivity (Wildman–Crippen MR) is 79.1 cm³/mol. The highest BCUT2D eigenvalue weighted by atomic mass is 16.5. The summed E-state index contributed by atoms with van der Waals surface area (Å²) in [7, 11) is 0. The fourth-order valence-corrected chi connectivity index (χ4v) is 2.13. The largest absolute Gasteiger partial charge is 0.465 e. The van der Waals surface area contributed by atoms with Crippen LogP contribution in [0.5, 0.6) is 0 Å². The molecule has 8 heteroatoms. The maximum atomic E-state index is 12.2. The number of amides is 2. The second-order valence-corrected chi connectivity index (χ2v) is 4.81. The number of ether oxygens (including phenoxy) is 2. The van der Waals surface area contributed by atoms with Gasteiger partial charge in [0.1, 0.15) is 6.54 Å². The van der Waals surface area contributed by atoms with Gasteiger partial charge < -0.3 is 25.0 Å². The van der Waals surface area contributed by atoms with Gasteiger partial charge in [-0.3, -0.25) is 14.4 Å². The maximum absolute atomic E-state index is 12.2. The van der Waals surface area contributed by atoms with Crippen LogP contribution in [0, 0.1) is 0 Å². The third kappa shape index (κ3) is 6.40. The molecule has 0 bridgehead atoms. The van der Waals surface area contributed by atoms with Crippen molar-refractivity contribution in [2.75, 3.05) is 46.0 Å². The van der Waals surface area contributed by atoms with Gasteiger partial charge in [0, 0.05) is 26.2 Å². The number of nitrogens with one attached hydrogen (secondary N) is 2. The van der Waals surface area contributed by atoms with Crippen molar-refractivity contribution in [3.63, 3.8) is 0 Å². The van der Waals surface area contributed by atoms with Crippen LogP contribution in [0.25, 0.3) is 0 Å². The maximum Gasteiger partial charge on any atom is 0.325 e. The topological polar surface area (TPSA) is 97.0 Å². The van der Waals surface area contributed by atoms with Crippen LogP contribution in [0.2, 0.25) is 0 Å². The molecule has 1 aliphatic rings. The standard InChI is InChI=1S/C14H25N3O5/c1-3-21-8-7-17-6-5-15-11(14(17)20)9-12(18)16-10-13(19)22-4-2/h11,15H,3-10H2,1-2H3,(H,16,18). The van der Waals surface area contributed by atoms with Gasteiger partial charge in [0.25, 0.3) is 0 Å². The molecule has 1 saturated heterocycles. The molecule has 1 unspecified atom stereocenters. The van der Waals surface area contributed by atoms with Crippen LogP contribution in [0.1, 0.15) is 20.3 Å². The molecule has 0 spiro atoms. The molecule has 1 aliphatic heterocycles. The third-order valence-electron chi connectivity index (χ3n) is 3.22. The molecular weight excluding hydrogens is 290 g/mol. The molecule has 1 fully saturated rings. The van der Waals surface area contributed by atoms with Crippen LogP contribution in [0.15, 0.2) is 0 Å². The molecule has 0 aromatic heterocycles. The number of piperazine rings is 1. The lowest BCUT2D eigenvalue weighted by Gasteiger charge is -2.32. The molecule has 126 valence electrons. The molecule has 1 rings (SSSR count). The van der Waals surface area contributed by atoms with E-state index in [2.05, 4.69) is 10.6 Å². The molecule has 0 aromatic carbocycles. The summed E-state index contributed by atoms with van der Waals surface area (Å²) >= 11 is 0. The first kappa shape index (κ1) is 18.4. The average Bonchev–Trinajstić information content (AvgIpc) is 2.49. The Hall–Kier alpha value is -1.67. The fourth-order valence-electron chi connectivity index (χ4n) is 2.13. The lowest BCUT2D eigenvalue weighted by atomic mass is 10.1.